The summed E-state index contributed by atoms with van der Waals surface area (Å²) < 4.78 is 5.30. The summed E-state index contributed by atoms with van der Waals surface area (Å²) in [6.45, 7) is 5.73. The first-order valence-electron chi connectivity index (χ1n) is 7.47. The fourth-order valence-corrected chi connectivity index (χ4v) is 2.84. The highest BCUT2D eigenvalue weighted by Gasteiger charge is 2.13. The van der Waals surface area contributed by atoms with Gasteiger partial charge in [0, 0.05) is 0 Å². The molecule has 2 heteroatoms. The first-order valence-corrected chi connectivity index (χ1v) is 7.47. The highest BCUT2D eigenvalue weighted by molar-refractivity contribution is 5.28. The fraction of sp³-hybridized carbons (Fsp3) is 0.647. The highest BCUT2D eigenvalue weighted by atomic mass is 16.5. The van der Waals surface area contributed by atoms with Crippen molar-refractivity contribution >= 4 is 0 Å². The van der Waals surface area contributed by atoms with E-state index < -0.39 is 0 Å². The van der Waals surface area contributed by atoms with E-state index in [-0.39, 0.29) is 0 Å². The Bertz CT molecular complexity index is 351. The van der Waals surface area contributed by atoms with Crippen LogP contribution in [0.2, 0.25) is 0 Å². The van der Waals surface area contributed by atoms with E-state index in [1.165, 1.54) is 24.8 Å². The molecule has 0 heterocycles. The quantitative estimate of drug-likeness (QED) is 0.729. The van der Waals surface area contributed by atoms with Crippen molar-refractivity contribution in [2.24, 2.45) is 11.8 Å². The lowest BCUT2D eigenvalue weighted by molar-refractivity contribution is 0.360. The van der Waals surface area contributed by atoms with Gasteiger partial charge in [0.1, 0.15) is 5.75 Å². The van der Waals surface area contributed by atoms with Gasteiger partial charge in [0.2, 0.25) is 0 Å². The first kappa shape index (κ1) is 16.0. The van der Waals surface area contributed by atoms with Crippen molar-refractivity contribution in [1.82, 2.24) is 5.32 Å². The van der Waals surface area contributed by atoms with Crippen LogP contribution < -0.4 is 10.1 Å². The molecular formula is C17H29NO. The number of methoxy groups -OCH3 is 1. The van der Waals surface area contributed by atoms with Crippen molar-refractivity contribution in [3.63, 3.8) is 0 Å². The second kappa shape index (κ2) is 8.98. The molecule has 0 amide bonds. The van der Waals surface area contributed by atoms with Crippen LogP contribution in [-0.2, 0) is 6.42 Å². The zero-order valence-corrected chi connectivity index (χ0v) is 12.9. The molecule has 1 aromatic rings. The Morgan fingerprint density at radius 3 is 2.74 bits per heavy atom. The summed E-state index contributed by atoms with van der Waals surface area (Å²) in [6, 6.07) is 8.46. The summed E-state index contributed by atoms with van der Waals surface area (Å²) in [5.74, 6) is 2.48. The average molecular weight is 263 g/mol. The van der Waals surface area contributed by atoms with E-state index in [1.54, 1.807) is 7.11 Å². The Hall–Kier alpha value is -1.02. The lowest BCUT2D eigenvalue weighted by atomic mass is 9.88. The van der Waals surface area contributed by atoms with Gasteiger partial charge < -0.3 is 10.1 Å². The van der Waals surface area contributed by atoms with Crippen molar-refractivity contribution in [1.29, 1.82) is 0 Å². The van der Waals surface area contributed by atoms with Gasteiger partial charge in [-0.05, 0) is 56.0 Å². The maximum Gasteiger partial charge on any atom is 0.119 e. The Morgan fingerprint density at radius 2 is 2.11 bits per heavy atom. The number of ether oxygens (including phenoxy) is 1. The number of hydrogen-bond acceptors (Lipinski definition) is 2. The van der Waals surface area contributed by atoms with E-state index >= 15 is 0 Å². The van der Waals surface area contributed by atoms with Crippen LogP contribution in [0.15, 0.2) is 24.3 Å². The maximum absolute atomic E-state index is 5.30. The molecule has 0 fully saturated rings. The Morgan fingerprint density at radius 1 is 1.32 bits per heavy atom. The number of hydrogen-bond donors (Lipinski definition) is 1. The molecule has 108 valence electrons. The van der Waals surface area contributed by atoms with Gasteiger partial charge in [0.05, 0.1) is 7.11 Å². The fourth-order valence-electron chi connectivity index (χ4n) is 2.84. The predicted molar refractivity (Wildman–Crippen MR) is 82.8 cm³/mol. The third kappa shape index (κ3) is 6.11. The van der Waals surface area contributed by atoms with Gasteiger partial charge in [-0.2, -0.15) is 0 Å². The van der Waals surface area contributed by atoms with E-state index in [9.17, 15) is 0 Å². The van der Waals surface area contributed by atoms with Crippen molar-refractivity contribution in [2.75, 3.05) is 20.7 Å². The van der Waals surface area contributed by atoms with Crippen LogP contribution in [0.1, 0.15) is 38.7 Å². The van der Waals surface area contributed by atoms with Gasteiger partial charge in [-0.25, -0.2) is 0 Å². The Balaban J connectivity index is 2.60. The molecule has 2 nitrogen and oxygen atoms in total. The van der Waals surface area contributed by atoms with E-state index in [1.807, 2.05) is 13.1 Å². The minimum atomic E-state index is 0.707. The van der Waals surface area contributed by atoms with E-state index in [2.05, 4.69) is 37.4 Å². The molecule has 1 rings (SSSR count). The molecule has 0 radical (unpaired) electrons. The van der Waals surface area contributed by atoms with Crippen LogP contribution in [-0.4, -0.2) is 20.7 Å². The lowest BCUT2D eigenvalue weighted by Gasteiger charge is -2.21. The molecule has 0 aliphatic rings. The summed E-state index contributed by atoms with van der Waals surface area (Å²) in [6.07, 6.45) is 5.04. The predicted octanol–water partition coefficient (Wildman–Crippen LogP) is 3.90. The molecule has 0 aromatic heterocycles. The third-order valence-electron chi connectivity index (χ3n) is 3.67. The molecule has 2 unspecified atom stereocenters. The van der Waals surface area contributed by atoms with Crippen molar-refractivity contribution in [3.05, 3.63) is 29.8 Å². The summed E-state index contributed by atoms with van der Waals surface area (Å²) in [5, 5.41) is 3.33. The van der Waals surface area contributed by atoms with E-state index in [4.69, 9.17) is 4.74 Å². The number of benzene rings is 1. The van der Waals surface area contributed by atoms with Gasteiger partial charge in [-0.15, -0.1) is 0 Å². The molecule has 0 saturated carbocycles. The molecule has 1 aromatic carbocycles. The normalized spacial score (nSPS) is 14.1. The molecule has 2 atom stereocenters. The molecule has 0 aliphatic carbocycles. The van der Waals surface area contributed by atoms with E-state index in [0.717, 1.165) is 24.6 Å². The smallest absolute Gasteiger partial charge is 0.119 e. The van der Waals surface area contributed by atoms with Crippen LogP contribution in [0.4, 0.5) is 0 Å². The summed E-state index contributed by atoms with van der Waals surface area (Å²) in [5.41, 5.74) is 1.38. The molecule has 0 bridgehead atoms. The standard InChI is InChI=1S/C17H29NO/c1-5-7-14(2)10-16(13-18-3)11-15-8-6-9-17(12-15)19-4/h6,8-9,12,14,16,18H,5,7,10-11,13H2,1-4H3. The summed E-state index contributed by atoms with van der Waals surface area (Å²) in [4.78, 5) is 0. The van der Waals surface area contributed by atoms with Crippen LogP contribution in [0, 0.1) is 11.8 Å². The van der Waals surface area contributed by atoms with Crippen LogP contribution >= 0.6 is 0 Å². The summed E-state index contributed by atoms with van der Waals surface area (Å²) in [7, 11) is 3.77. The second-order valence-corrected chi connectivity index (χ2v) is 5.61. The summed E-state index contributed by atoms with van der Waals surface area (Å²) >= 11 is 0. The highest BCUT2D eigenvalue weighted by Crippen LogP contribution is 2.22. The van der Waals surface area contributed by atoms with Gasteiger partial charge in [-0.1, -0.05) is 38.8 Å². The zero-order valence-electron chi connectivity index (χ0n) is 12.9. The van der Waals surface area contributed by atoms with Crippen molar-refractivity contribution in [3.8, 4) is 5.75 Å². The second-order valence-electron chi connectivity index (χ2n) is 5.61. The zero-order chi connectivity index (χ0) is 14.1. The number of nitrogens with one attached hydrogen (secondary N) is 1. The maximum atomic E-state index is 5.30. The molecule has 0 aliphatic heterocycles. The largest absolute Gasteiger partial charge is 0.497 e. The molecule has 0 saturated heterocycles. The van der Waals surface area contributed by atoms with Crippen LogP contribution in [0.25, 0.3) is 0 Å². The molecule has 1 N–H and O–H groups in total. The van der Waals surface area contributed by atoms with E-state index in [0.29, 0.717) is 5.92 Å². The third-order valence-corrected chi connectivity index (χ3v) is 3.67. The molecule has 0 spiro atoms. The van der Waals surface area contributed by atoms with Crippen molar-refractivity contribution < 1.29 is 4.74 Å². The first-order chi connectivity index (χ1) is 9.19. The van der Waals surface area contributed by atoms with Gasteiger partial charge in [0.15, 0.2) is 0 Å². The van der Waals surface area contributed by atoms with Gasteiger partial charge in [-0.3, -0.25) is 0 Å². The topological polar surface area (TPSA) is 21.3 Å². The lowest BCUT2D eigenvalue weighted by Crippen LogP contribution is -2.22. The van der Waals surface area contributed by atoms with Crippen molar-refractivity contribution in [2.45, 2.75) is 39.5 Å². The van der Waals surface area contributed by atoms with Gasteiger partial charge >= 0.3 is 0 Å². The minimum Gasteiger partial charge on any atom is -0.497 e. The Labute approximate surface area is 118 Å². The van der Waals surface area contributed by atoms with Gasteiger partial charge in [0.25, 0.3) is 0 Å². The monoisotopic (exact) mass is 263 g/mol. The average Bonchev–Trinajstić information content (AvgIpc) is 2.39. The van der Waals surface area contributed by atoms with Crippen LogP contribution in [0.3, 0.4) is 0 Å². The molecular weight excluding hydrogens is 234 g/mol. The Kier molecular flexibility index (Phi) is 7.57. The minimum absolute atomic E-state index is 0.707. The van der Waals surface area contributed by atoms with Crippen LogP contribution in [0.5, 0.6) is 5.75 Å². The SMILES string of the molecule is CCCC(C)CC(CNC)Cc1cccc(OC)c1. The molecule has 19 heavy (non-hydrogen) atoms. The number of rotatable bonds is 9.